The number of benzene rings is 1. The molecule has 4 rings (SSSR count). The van der Waals surface area contributed by atoms with Crippen LogP contribution in [0.5, 0.6) is 0 Å². The van der Waals surface area contributed by atoms with Gasteiger partial charge in [0, 0.05) is 44.1 Å². The average Bonchev–Trinajstić information content (AvgIpc) is 2.98. The second kappa shape index (κ2) is 5.70. The number of hydrogen-bond acceptors (Lipinski definition) is 3. The normalized spacial score (nSPS) is 15.3. The van der Waals surface area contributed by atoms with Crippen molar-refractivity contribution < 1.29 is 0 Å². The first-order chi connectivity index (χ1) is 11.2. The van der Waals surface area contributed by atoms with Gasteiger partial charge in [-0.15, -0.1) is 0 Å². The van der Waals surface area contributed by atoms with Crippen LogP contribution in [0, 0.1) is 13.8 Å². The molecule has 0 atom stereocenters. The van der Waals surface area contributed by atoms with Crippen LogP contribution in [0.2, 0.25) is 0 Å². The zero-order chi connectivity index (χ0) is 15.8. The van der Waals surface area contributed by atoms with Crippen LogP contribution >= 0.6 is 0 Å². The Morgan fingerprint density at radius 2 is 1.83 bits per heavy atom. The molecule has 4 heteroatoms. The molecule has 4 nitrogen and oxygen atoms in total. The zero-order valence-electron chi connectivity index (χ0n) is 13.7. The number of nitrogens with zero attached hydrogens (tertiary/aromatic N) is 3. The number of pyridine rings is 1. The minimum atomic E-state index is 0.999. The third-order valence-electron chi connectivity index (χ3n) is 4.58. The molecule has 1 aromatic carbocycles. The van der Waals surface area contributed by atoms with Gasteiger partial charge in [0.05, 0.1) is 11.4 Å². The van der Waals surface area contributed by atoms with Crippen LogP contribution < -0.4 is 10.2 Å². The summed E-state index contributed by atoms with van der Waals surface area (Å²) >= 11 is 0. The minimum absolute atomic E-state index is 0.999. The molecular weight excluding hydrogens is 284 g/mol. The van der Waals surface area contributed by atoms with Crippen molar-refractivity contribution in [2.45, 2.75) is 13.8 Å². The highest BCUT2D eigenvalue weighted by atomic mass is 15.2. The van der Waals surface area contributed by atoms with Gasteiger partial charge in [0.2, 0.25) is 0 Å². The number of piperazine rings is 1. The van der Waals surface area contributed by atoms with E-state index in [9.17, 15) is 0 Å². The average molecular weight is 306 g/mol. The van der Waals surface area contributed by atoms with E-state index in [-0.39, 0.29) is 0 Å². The number of rotatable bonds is 2. The van der Waals surface area contributed by atoms with Crippen molar-refractivity contribution in [3.63, 3.8) is 0 Å². The van der Waals surface area contributed by atoms with Crippen molar-refractivity contribution in [2.75, 3.05) is 31.1 Å². The van der Waals surface area contributed by atoms with Gasteiger partial charge < -0.3 is 14.6 Å². The maximum atomic E-state index is 4.79. The lowest BCUT2D eigenvalue weighted by molar-refractivity contribution is 0.588. The predicted molar refractivity (Wildman–Crippen MR) is 95.2 cm³/mol. The van der Waals surface area contributed by atoms with Crippen LogP contribution in [0.25, 0.3) is 16.9 Å². The Labute approximate surface area is 136 Å². The summed E-state index contributed by atoms with van der Waals surface area (Å²) < 4.78 is 2.14. The molecule has 0 saturated carbocycles. The van der Waals surface area contributed by atoms with E-state index in [2.05, 4.69) is 71.2 Å². The van der Waals surface area contributed by atoms with Crippen LogP contribution in [-0.2, 0) is 0 Å². The van der Waals surface area contributed by atoms with Gasteiger partial charge in [-0.25, -0.2) is 4.98 Å². The van der Waals surface area contributed by atoms with Gasteiger partial charge >= 0.3 is 0 Å². The molecule has 1 aliphatic rings. The largest absolute Gasteiger partial charge is 0.368 e. The van der Waals surface area contributed by atoms with E-state index in [1.807, 2.05) is 0 Å². The standard InChI is InChI=1S/C19H22N4/c1-14-3-5-17(15(2)11-14)18-13-23-12-16(4-6-19(23)21-18)22-9-7-20-8-10-22/h3-6,11-13,20H,7-10H2,1-2H3. The fraction of sp³-hybridized carbons (Fsp3) is 0.316. The predicted octanol–water partition coefficient (Wildman–Crippen LogP) is 3.03. The topological polar surface area (TPSA) is 32.6 Å². The molecule has 1 fully saturated rings. The summed E-state index contributed by atoms with van der Waals surface area (Å²) in [5, 5.41) is 3.40. The molecule has 118 valence electrons. The van der Waals surface area contributed by atoms with E-state index in [4.69, 9.17) is 4.98 Å². The molecule has 0 spiro atoms. The smallest absolute Gasteiger partial charge is 0.137 e. The second-order valence-corrected chi connectivity index (χ2v) is 6.33. The van der Waals surface area contributed by atoms with Gasteiger partial charge in [0.25, 0.3) is 0 Å². The number of anilines is 1. The summed E-state index contributed by atoms with van der Waals surface area (Å²) in [4.78, 5) is 7.22. The number of imidazole rings is 1. The summed E-state index contributed by atoms with van der Waals surface area (Å²) in [5.74, 6) is 0. The molecule has 0 amide bonds. The molecule has 3 aromatic rings. The first kappa shape index (κ1) is 14.3. The lowest BCUT2D eigenvalue weighted by Gasteiger charge is -2.29. The fourth-order valence-electron chi connectivity index (χ4n) is 3.32. The Kier molecular flexibility index (Phi) is 3.54. The summed E-state index contributed by atoms with van der Waals surface area (Å²) in [5.41, 5.74) is 7.08. The number of fused-ring (bicyclic) bond motifs is 1. The van der Waals surface area contributed by atoms with Crippen molar-refractivity contribution in [3.8, 4) is 11.3 Å². The van der Waals surface area contributed by atoms with Crippen LogP contribution in [0.1, 0.15) is 11.1 Å². The maximum Gasteiger partial charge on any atom is 0.137 e. The van der Waals surface area contributed by atoms with Crippen LogP contribution in [-0.4, -0.2) is 35.6 Å². The molecule has 3 heterocycles. The summed E-state index contributed by atoms with van der Waals surface area (Å²) in [6.07, 6.45) is 4.33. The molecule has 1 saturated heterocycles. The van der Waals surface area contributed by atoms with E-state index < -0.39 is 0 Å². The highest BCUT2D eigenvalue weighted by Gasteiger charge is 2.12. The van der Waals surface area contributed by atoms with E-state index >= 15 is 0 Å². The first-order valence-electron chi connectivity index (χ1n) is 8.23. The van der Waals surface area contributed by atoms with E-state index in [1.165, 1.54) is 22.4 Å². The highest BCUT2D eigenvalue weighted by molar-refractivity contribution is 5.67. The van der Waals surface area contributed by atoms with Crippen molar-refractivity contribution in [1.29, 1.82) is 0 Å². The van der Waals surface area contributed by atoms with Crippen molar-refractivity contribution in [2.24, 2.45) is 0 Å². The molecule has 2 aromatic heterocycles. The zero-order valence-corrected chi connectivity index (χ0v) is 13.7. The van der Waals surface area contributed by atoms with Crippen LogP contribution in [0.3, 0.4) is 0 Å². The maximum absolute atomic E-state index is 4.79. The second-order valence-electron chi connectivity index (χ2n) is 6.33. The van der Waals surface area contributed by atoms with Gasteiger partial charge in [0.15, 0.2) is 0 Å². The minimum Gasteiger partial charge on any atom is -0.368 e. The fourth-order valence-corrected chi connectivity index (χ4v) is 3.32. The van der Waals surface area contributed by atoms with E-state index in [0.717, 1.165) is 37.5 Å². The Balaban J connectivity index is 1.72. The Hall–Kier alpha value is -2.33. The molecular formula is C19H22N4. The number of aryl methyl sites for hydroxylation is 2. The first-order valence-corrected chi connectivity index (χ1v) is 8.23. The third kappa shape index (κ3) is 2.70. The van der Waals surface area contributed by atoms with Crippen LogP contribution in [0.4, 0.5) is 5.69 Å². The van der Waals surface area contributed by atoms with Gasteiger partial charge in [-0.1, -0.05) is 23.8 Å². The lowest BCUT2D eigenvalue weighted by atomic mass is 10.0. The Bertz CT molecular complexity index is 844. The Morgan fingerprint density at radius 1 is 1.00 bits per heavy atom. The van der Waals surface area contributed by atoms with Gasteiger partial charge in [-0.05, 0) is 31.5 Å². The molecule has 23 heavy (non-hydrogen) atoms. The molecule has 0 aliphatic carbocycles. The summed E-state index contributed by atoms with van der Waals surface area (Å²) in [6.45, 7) is 8.50. The molecule has 1 aliphatic heterocycles. The lowest BCUT2D eigenvalue weighted by Crippen LogP contribution is -2.43. The monoisotopic (exact) mass is 306 g/mol. The Morgan fingerprint density at radius 3 is 2.61 bits per heavy atom. The highest BCUT2D eigenvalue weighted by Crippen LogP contribution is 2.25. The van der Waals surface area contributed by atoms with Gasteiger partial charge in [-0.2, -0.15) is 0 Å². The van der Waals surface area contributed by atoms with Crippen molar-refractivity contribution >= 4 is 11.3 Å². The summed E-state index contributed by atoms with van der Waals surface area (Å²) in [6, 6.07) is 10.8. The van der Waals surface area contributed by atoms with Gasteiger partial charge in [-0.3, -0.25) is 0 Å². The molecule has 1 N–H and O–H groups in total. The van der Waals surface area contributed by atoms with Gasteiger partial charge in [0.1, 0.15) is 5.65 Å². The van der Waals surface area contributed by atoms with Crippen molar-refractivity contribution in [3.05, 3.63) is 53.9 Å². The SMILES string of the molecule is Cc1ccc(-c2cn3cc(N4CCNCC4)ccc3n2)c(C)c1. The number of nitrogens with one attached hydrogen (secondary N) is 1. The summed E-state index contributed by atoms with van der Waals surface area (Å²) in [7, 11) is 0. The quantitative estimate of drug-likeness (QED) is 0.790. The molecule has 0 radical (unpaired) electrons. The number of aromatic nitrogens is 2. The van der Waals surface area contributed by atoms with E-state index in [1.54, 1.807) is 0 Å². The molecule has 0 unspecified atom stereocenters. The van der Waals surface area contributed by atoms with Crippen LogP contribution in [0.15, 0.2) is 42.7 Å². The molecule has 0 bridgehead atoms. The van der Waals surface area contributed by atoms with E-state index in [0.29, 0.717) is 0 Å². The number of hydrogen-bond donors (Lipinski definition) is 1. The van der Waals surface area contributed by atoms with Crippen molar-refractivity contribution in [1.82, 2.24) is 14.7 Å². The third-order valence-corrected chi connectivity index (χ3v) is 4.58.